The number of aryl methyl sites for hydroxylation is 2. The van der Waals surface area contributed by atoms with Crippen LogP contribution in [0.15, 0.2) is 41.4 Å². The van der Waals surface area contributed by atoms with E-state index in [1.807, 2.05) is 24.3 Å². The molecule has 0 fully saturated rings. The van der Waals surface area contributed by atoms with Crippen LogP contribution in [0.1, 0.15) is 30.0 Å². The Kier molecular flexibility index (Phi) is 6.69. The monoisotopic (exact) mass is 341 g/mol. The van der Waals surface area contributed by atoms with Crippen LogP contribution in [0, 0.1) is 13.8 Å². The van der Waals surface area contributed by atoms with Crippen LogP contribution < -0.4 is 20.5 Å². The zero-order valence-corrected chi connectivity index (χ0v) is 15.4. The highest BCUT2D eigenvalue weighted by atomic mass is 16.5. The molecule has 0 aromatic heterocycles. The van der Waals surface area contributed by atoms with E-state index in [1.165, 1.54) is 11.1 Å². The molecule has 0 unspecified atom stereocenters. The Labute approximate surface area is 149 Å². The predicted octanol–water partition coefficient (Wildman–Crippen LogP) is 4.03. The molecule has 2 aromatic carbocycles. The Hall–Kier alpha value is -2.69. The second kappa shape index (κ2) is 8.97. The summed E-state index contributed by atoms with van der Waals surface area (Å²) in [5, 5.41) is 3.12. The third-order valence-electron chi connectivity index (χ3n) is 3.90. The van der Waals surface area contributed by atoms with E-state index in [4.69, 9.17) is 15.2 Å². The number of rotatable bonds is 7. The van der Waals surface area contributed by atoms with E-state index in [0.717, 1.165) is 23.4 Å². The SMILES string of the molecule is CCCOc1ccc(CN=C(N)Nc2ccc(C)c(C)c2)cc1OC. The van der Waals surface area contributed by atoms with Gasteiger partial charge in [-0.25, -0.2) is 4.99 Å². The van der Waals surface area contributed by atoms with Gasteiger partial charge in [0.25, 0.3) is 0 Å². The number of anilines is 1. The van der Waals surface area contributed by atoms with Crippen LogP contribution >= 0.6 is 0 Å². The van der Waals surface area contributed by atoms with Crippen molar-refractivity contribution in [1.82, 2.24) is 0 Å². The number of nitrogens with one attached hydrogen (secondary N) is 1. The van der Waals surface area contributed by atoms with E-state index in [2.05, 4.69) is 43.2 Å². The zero-order chi connectivity index (χ0) is 18.2. The summed E-state index contributed by atoms with van der Waals surface area (Å²) in [6.07, 6.45) is 0.954. The first-order valence-electron chi connectivity index (χ1n) is 8.47. The van der Waals surface area contributed by atoms with Gasteiger partial charge in [-0.05, 0) is 61.2 Å². The van der Waals surface area contributed by atoms with Crippen LogP contribution in [0.2, 0.25) is 0 Å². The highest BCUT2D eigenvalue weighted by Gasteiger charge is 2.05. The summed E-state index contributed by atoms with van der Waals surface area (Å²) in [6.45, 7) is 7.36. The molecule has 0 bridgehead atoms. The molecule has 0 saturated heterocycles. The van der Waals surface area contributed by atoms with Gasteiger partial charge >= 0.3 is 0 Å². The lowest BCUT2D eigenvalue weighted by Gasteiger charge is -2.11. The molecule has 0 spiro atoms. The minimum Gasteiger partial charge on any atom is -0.493 e. The first-order valence-corrected chi connectivity index (χ1v) is 8.47. The number of ether oxygens (including phenoxy) is 2. The summed E-state index contributed by atoms with van der Waals surface area (Å²) in [5.41, 5.74) is 10.4. The van der Waals surface area contributed by atoms with Crippen molar-refractivity contribution in [3.63, 3.8) is 0 Å². The summed E-state index contributed by atoms with van der Waals surface area (Å²) < 4.78 is 11.0. The van der Waals surface area contributed by atoms with Crippen molar-refractivity contribution in [3.05, 3.63) is 53.1 Å². The van der Waals surface area contributed by atoms with Crippen LogP contribution in [-0.2, 0) is 6.54 Å². The molecular formula is C20H27N3O2. The Morgan fingerprint density at radius 2 is 1.88 bits per heavy atom. The Bertz CT molecular complexity index is 742. The molecule has 0 amide bonds. The van der Waals surface area contributed by atoms with E-state index in [1.54, 1.807) is 7.11 Å². The second-order valence-corrected chi connectivity index (χ2v) is 5.96. The zero-order valence-electron chi connectivity index (χ0n) is 15.4. The van der Waals surface area contributed by atoms with E-state index in [0.29, 0.717) is 24.9 Å². The normalized spacial score (nSPS) is 11.3. The third-order valence-corrected chi connectivity index (χ3v) is 3.90. The van der Waals surface area contributed by atoms with Crippen molar-refractivity contribution in [2.75, 3.05) is 19.0 Å². The summed E-state index contributed by atoms with van der Waals surface area (Å²) >= 11 is 0. The number of benzene rings is 2. The van der Waals surface area contributed by atoms with Crippen molar-refractivity contribution >= 4 is 11.6 Å². The summed E-state index contributed by atoms with van der Waals surface area (Å²) in [6, 6.07) is 11.9. The molecule has 0 atom stereocenters. The highest BCUT2D eigenvalue weighted by molar-refractivity contribution is 5.92. The Morgan fingerprint density at radius 3 is 2.56 bits per heavy atom. The number of aliphatic imine (C=N–C) groups is 1. The third kappa shape index (κ3) is 5.41. The van der Waals surface area contributed by atoms with E-state index >= 15 is 0 Å². The lowest BCUT2D eigenvalue weighted by molar-refractivity contribution is 0.294. The molecule has 0 aliphatic rings. The van der Waals surface area contributed by atoms with Crippen molar-refractivity contribution < 1.29 is 9.47 Å². The fourth-order valence-corrected chi connectivity index (χ4v) is 2.32. The number of hydrogen-bond acceptors (Lipinski definition) is 3. The standard InChI is InChI=1S/C20H27N3O2/c1-5-10-25-18-9-7-16(12-19(18)24-4)13-22-20(21)23-17-8-6-14(2)15(3)11-17/h6-9,11-12H,5,10,13H2,1-4H3,(H3,21,22,23). The number of methoxy groups -OCH3 is 1. The van der Waals surface area contributed by atoms with Gasteiger partial charge in [0, 0.05) is 5.69 Å². The molecular weight excluding hydrogens is 314 g/mol. The summed E-state index contributed by atoms with van der Waals surface area (Å²) in [5.74, 6) is 1.84. The maximum Gasteiger partial charge on any atom is 0.193 e. The Morgan fingerprint density at radius 1 is 1.08 bits per heavy atom. The lowest BCUT2D eigenvalue weighted by Crippen LogP contribution is -2.22. The molecule has 5 heteroatoms. The molecule has 0 aliphatic carbocycles. The average molecular weight is 341 g/mol. The number of guanidine groups is 1. The smallest absolute Gasteiger partial charge is 0.193 e. The van der Waals surface area contributed by atoms with Gasteiger partial charge in [0.05, 0.1) is 20.3 Å². The van der Waals surface area contributed by atoms with Gasteiger partial charge in [-0.3, -0.25) is 0 Å². The average Bonchev–Trinajstić information content (AvgIpc) is 2.61. The van der Waals surface area contributed by atoms with Gasteiger partial charge in [-0.15, -0.1) is 0 Å². The van der Waals surface area contributed by atoms with E-state index < -0.39 is 0 Å². The minimum atomic E-state index is 0.383. The molecule has 3 N–H and O–H groups in total. The van der Waals surface area contributed by atoms with Crippen molar-refractivity contribution in [2.24, 2.45) is 10.7 Å². The van der Waals surface area contributed by atoms with E-state index in [-0.39, 0.29) is 0 Å². The van der Waals surface area contributed by atoms with Gasteiger partial charge in [0.15, 0.2) is 17.5 Å². The van der Waals surface area contributed by atoms with Crippen LogP contribution in [0.5, 0.6) is 11.5 Å². The first-order chi connectivity index (χ1) is 12.0. The van der Waals surface area contributed by atoms with Gasteiger partial charge in [0.1, 0.15) is 0 Å². The lowest BCUT2D eigenvalue weighted by atomic mass is 10.1. The number of nitrogens with two attached hydrogens (primary N) is 1. The molecule has 2 rings (SSSR count). The van der Waals surface area contributed by atoms with Crippen molar-refractivity contribution in [2.45, 2.75) is 33.7 Å². The highest BCUT2D eigenvalue weighted by Crippen LogP contribution is 2.28. The predicted molar refractivity (Wildman–Crippen MR) is 104 cm³/mol. The molecule has 5 nitrogen and oxygen atoms in total. The van der Waals surface area contributed by atoms with Crippen LogP contribution in [0.4, 0.5) is 5.69 Å². The fraction of sp³-hybridized carbons (Fsp3) is 0.350. The maximum absolute atomic E-state index is 5.99. The molecule has 2 aromatic rings. The molecule has 0 saturated carbocycles. The molecule has 0 radical (unpaired) electrons. The van der Waals surface area contributed by atoms with Gasteiger partial charge in [-0.1, -0.05) is 19.1 Å². The second-order valence-electron chi connectivity index (χ2n) is 5.96. The quantitative estimate of drug-likeness (QED) is 0.589. The fourth-order valence-electron chi connectivity index (χ4n) is 2.32. The van der Waals surface area contributed by atoms with Gasteiger partial charge in [-0.2, -0.15) is 0 Å². The van der Waals surface area contributed by atoms with Gasteiger partial charge < -0.3 is 20.5 Å². The van der Waals surface area contributed by atoms with Crippen molar-refractivity contribution in [1.29, 1.82) is 0 Å². The van der Waals surface area contributed by atoms with Crippen LogP contribution in [-0.4, -0.2) is 19.7 Å². The van der Waals surface area contributed by atoms with Crippen LogP contribution in [0.25, 0.3) is 0 Å². The number of nitrogens with zero attached hydrogens (tertiary/aromatic N) is 1. The van der Waals surface area contributed by atoms with Gasteiger partial charge in [0.2, 0.25) is 0 Å². The van der Waals surface area contributed by atoms with Crippen molar-refractivity contribution in [3.8, 4) is 11.5 Å². The van der Waals surface area contributed by atoms with Crippen LogP contribution in [0.3, 0.4) is 0 Å². The topological polar surface area (TPSA) is 68.9 Å². The largest absolute Gasteiger partial charge is 0.493 e. The molecule has 0 aliphatic heterocycles. The number of hydrogen-bond donors (Lipinski definition) is 2. The first kappa shape index (κ1) is 18.6. The molecule has 0 heterocycles. The summed E-state index contributed by atoms with van der Waals surface area (Å²) in [4.78, 5) is 4.40. The molecule has 134 valence electrons. The Balaban J connectivity index is 2.03. The molecule has 25 heavy (non-hydrogen) atoms. The maximum atomic E-state index is 5.99. The minimum absolute atomic E-state index is 0.383. The van der Waals surface area contributed by atoms with E-state index in [9.17, 15) is 0 Å². The summed E-state index contributed by atoms with van der Waals surface area (Å²) in [7, 11) is 1.64.